The molecule has 0 fully saturated rings. The van der Waals surface area contributed by atoms with Crippen molar-refractivity contribution in [3.8, 4) is 0 Å². The summed E-state index contributed by atoms with van der Waals surface area (Å²) in [4.78, 5) is 0. The second-order valence-electron chi connectivity index (χ2n) is 4.94. The summed E-state index contributed by atoms with van der Waals surface area (Å²) >= 11 is 0. The van der Waals surface area contributed by atoms with Crippen molar-refractivity contribution >= 4 is 0 Å². The molecular formula is C15H23N. The molecule has 1 atom stereocenters. The molecule has 1 nitrogen and oxygen atoms in total. The molecule has 1 aromatic carbocycles. The van der Waals surface area contributed by atoms with Crippen LogP contribution in [-0.4, -0.2) is 13.6 Å². The summed E-state index contributed by atoms with van der Waals surface area (Å²) < 4.78 is 0. The van der Waals surface area contributed by atoms with Gasteiger partial charge < -0.3 is 5.32 Å². The molecule has 0 amide bonds. The average molecular weight is 217 g/mol. The summed E-state index contributed by atoms with van der Waals surface area (Å²) in [5, 5.41) is 3.30. The Hall–Kier alpha value is -1.08. The van der Waals surface area contributed by atoms with Crippen LogP contribution in [0, 0.1) is 0 Å². The molecule has 0 aliphatic carbocycles. The first-order valence-electron chi connectivity index (χ1n) is 5.92. The van der Waals surface area contributed by atoms with E-state index in [2.05, 4.69) is 62.5 Å². The molecule has 0 heterocycles. The number of hydrogen-bond donors (Lipinski definition) is 1. The van der Waals surface area contributed by atoms with Gasteiger partial charge in [0, 0.05) is 12.0 Å². The third-order valence-corrected chi connectivity index (χ3v) is 3.00. The van der Waals surface area contributed by atoms with Gasteiger partial charge in [-0.05, 0) is 32.9 Å². The number of benzene rings is 1. The Morgan fingerprint density at radius 3 is 2.38 bits per heavy atom. The summed E-state index contributed by atoms with van der Waals surface area (Å²) in [7, 11) is 2.02. The van der Waals surface area contributed by atoms with E-state index in [1.165, 1.54) is 11.1 Å². The van der Waals surface area contributed by atoms with E-state index < -0.39 is 0 Å². The van der Waals surface area contributed by atoms with Crippen LogP contribution < -0.4 is 5.32 Å². The molecule has 88 valence electrons. The Balaban J connectivity index is 2.92. The monoisotopic (exact) mass is 217 g/mol. The summed E-state index contributed by atoms with van der Waals surface area (Å²) in [5.74, 6) is 0. The highest BCUT2D eigenvalue weighted by Gasteiger charge is 2.24. The molecule has 0 saturated carbocycles. The zero-order valence-corrected chi connectivity index (χ0v) is 10.9. The maximum Gasteiger partial charge on any atom is 0.00839 e. The van der Waals surface area contributed by atoms with E-state index in [0.717, 1.165) is 13.0 Å². The Bertz CT molecular complexity index is 336. The third kappa shape index (κ3) is 3.49. The van der Waals surface area contributed by atoms with Crippen LogP contribution in [0.5, 0.6) is 0 Å². The first-order chi connectivity index (χ1) is 7.58. The highest BCUT2D eigenvalue weighted by Crippen LogP contribution is 2.27. The standard InChI is InChI=1S/C15H23N/c1-13(2)10-11-15(3,12-16-4)14-8-6-5-7-9-14/h5-10,16H,11-12H2,1-4H3/t15-/m0/s1. The van der Waals surface area contributed by atoms with E-state index in [1.54, 1.807) is 0 Å². The van der Waals surface area contributed by atoms with Crippen molar-refractivity contribution in [2.24, 2.45) is 0 Å². The van der Waals surface area contributed by atoms with E-state index in [-0.39, 0.29) is 5.41 Å². The first kappa shape index (κ1) is 13.0. The minimum Gasteiger partial charge on any atom is -0.319 e. The van der Waals surface area contributed by atoms with Crippen molar-refractivity contribution in [2.45, 2.75) is 32.6 Å². The van der Waals surface area contributed by atoms with E-state index >= 15 is 0 Å². The Kier molecular flexibility index (Phi) is 4.75. The molecule has 0 bridgehead atoms. The van der Waals surface area contributed by atoms with Gasteiger partial charge in [0.2, 0.25) is 0 Å². The summed E-state index contributed by atoms with van der Waals surface area (Å²) in [6.45, 7) is 7.63. The van der Waals surface area contributed by atoms with Gasteiger partial charge in [-0.2, -0.15) is 0 Å². The molecular weight excluding hydrogens is 194 g/mol. The zero-order chi connectivity index (χ0) is 12.0. The average Bonchev–Trinajstić information content (AvgIpc) is 2.28. The molecule has 1 N–H and O–H groups in total. The lowest BCUT2D eigenvalue weighted by Gasteiger charge is -2.29. The van der Waals surface area contributed by atoms with Gasteiger partial charge in [0.25, 0.3) is 0 Å². The fourth-order valence-corrected chi connectivity index (χ4v) is 1.95. The number of likely N-dealkylation sites (N-methyl/N-ethyl adjacent to an activating group) is 1. The number of rotatable bonds is 5. The minimum absolute atomic E-state index is 0.188. The summed E-state index contributed by atoms with van der Waals surface area (Å²) in [6.07, 6.45) is 3.41. The molecule has 1 aromatic rings. The topological polar surface area (TPSA) is 12.0 Å². The fourth-order valence-electron chi connectivity index (χ4n) is 1.95. The fraction of sp³-hybridized carbons (Fsp3) is 0.467. The van der Waals surface area contributed by atoms with Crippen molar-refractivity contribution in [1.29, 1.82) is 0 Å². The first-order valence-corrected chi connectivity index (χ1v) is 5.92. The van der Waals surface area contributed by atoms with Crippen LogP contribution in [0.4, 0.5) is 0 Å². The van der Waals surface area contributed by atoms with Gasteiger partial charge in [-0.15, -0.1) is 0 Å². The quantitative estimate of drug-likeness (QED) is 0.744. The summed E-state index contributed by atoms with van der Waals surface area (Å²) in [6, 6.07) is 10.7. The number of allylic oxidation sites excluding steroid dienone is 2. The van der Waals surface area contributed by atoms with Gasteiger partial charge in [0.1, 0.15) is 0 Å². The van der Waals surface area contributed by atoms with Crippen LogP contribution in [0.1, 0.15) is 32.8 Å². The van der Waals surface area contributed by atoms with E-state index in [9.17, 15) is 0 Å². The van der Waals surface area contributed by atoms with Crippen LogP contribution in [0.15, 0.2) is 42.0 Å². The van der Waals surface area contributed by atoms with Crippen molar-refractivity contribution in [3.63, 3.8) is 0 Å². The maximum absolute atomic E-state index is 3.30. The largest absolute Gasteiger partial charge is 0.319 e. The second kappa shape index (κ2) is 5.86. The predicted octanol–water partition coefficient (Wildman–Crippen LogP) is 3.52. The SMILES string of the molecule is CNC[C@](C)(CC=C(C)C)c1ccccc1. The van der Waals surface area contributed by atoms with Gasteiger partial charge in [-0.3, -0.25) is 0 Å². The molecule has 0 aliphatic rings. The lowest BCUT2D eigenvalue weighted by molar-refractivity contribution is 0.453. The normalized spacial score (nSPS) is 14.2. The van der Waals surface area contributed by atoms with E-state index in [4.69, 9.17) is 0 Å². The second-order valence-corrected chi connectivity index (χ2v) is 4.94. The molecule has 0 aromatic heterocycles. The molecule has 0 spiro atoms. The van der Waals surface area contributed by atoms with Crippen LogP contribution in [0.25, 0.3) is 0 Å². The maximum atomic E-state index is 3.30. The molecule has 0 saturated heterocycles. The lowest BCUT2D eigenvalue weighted by Crippen LogP contribution is -2.33. The summed E-state index contributed by atoms with van der Waals surface area (Å²) in [5.41, 5.74) is 2.98. The smallest absolute Gasteiger partial charge is 0.00839 e. The van der Waals surface area contributed by atoms with Crippen LogP contribution in [0.3, 0.4) is 0 Å². The van der Waals surface area contributed by atoms with Crippen molar-refractivity contribution in [3.05, 3.63) is 47.5 Å². The van der Waals surface area contributed by atoms with Crippen molar-refractivity contribution in [2.75, 3.05) is 13.6 Å². The highest BCUT2D eigenvalue weighted by molar-refractivity contribution is 5.26. The van der Waals surface area contributed by atoms with E-state index in [0.29, 0.717) is 0 Å². The lowest BCUT2D eigenvalue weighted by atomic mass is 9.79. The van der Waals surface area contributed by atoms with Gasteiger partial charge in [-0.25, -0.2) is 0 Å². The van der Waals surface area contributed by atoms with Gasteiger partial charge in [0.05, 0.1) is 0 Å². The van der Waals surface area contributed by atoms with Gasteiger partial charge in [-0.1, -0.05) is 48.9 Å². The van der Waals surface area contributed by atoms with Crippen molar-refractivity contribution in [1.82, 2.24) is 5.32 Å². The Morgan fingerprint density at radius 2 is 1.88 bits per heavy atom. The molecule has 0 aliphatic heterocycles. The zero-order valence-electron chi connectivity index (χ0n) is 10.9. The highest BCUT2D eigenvalue weighted by atomic mass is 14.8. The minimum atomic E-state index is 0.188. The Morgan fingerprint density at radius 1 is 1.25 bits per heavy atom. The van der Waals surface area contributed by atoms with Crippen molar-refractivity contribution < 1.29 is 0 Å². The molecule has 1 rings (SSSR count). The van der Waals surface area contributed by atoms with E-state index in [1.807, 2.05) is 7.05 Å². The van der Waals surface area contributed by atoms with Gasteiger partial charge >= 0.3 is 0 Å². The molecule has 0 unspecified atom stereocenters. The van der Waals surface area contributed by atoms with Gasteiger partial charge in [0.15, 0.2) is 0 Å². The van der Waals surface area contributed by atoms with Crippen LogP contribution in [0.2, 0.25) is 0 Å². The Labute approximate surface area is 99.6 Å². The van der Waals surface area contributed by atoms with Crippen LogP contribution >= 0.6 is 0 Å². The molecule has 1 heteroatoms. The molecule has 16 heavy (non-hydrogen) atoms. The number of hydrogen-bond acceptors (Lipinski definition) is 1. The van der Waals surface area contributed by atoms with Crippen LogP contribution in [-0.2, 0) is 5.41 Å². The predicted molar refractivity (Wildman–Crippen MR) is 71.8 cm³/mol. The third-order valence-electron chi connectivity index (χ3n) is 3.00. The molecule has 0 radical (unpaired) electrons. The number of nitrogens with one attached hydrogen (secondary N) is 1.